The number of hydrogen-bond acceptors (Lipinski definition) is 2. The van der Waals surface area contributed by atoms with Gasteiger partial charge in [-0.25, -0.2) is 4.39 Å². The molecule has 0 heterocycles. The number of anilines is 1. The molecule has 0 radical (unpaired) electrons. The Balaban J connectivity index is 2.60. The normalized spacial score (nSPS) is 10.1. The quantitative estimate of drug-likeness (QED) is 0.885. The van der Waals surface area contributed by atoms with Gasteiger partial charge in [0.15, 0.2) is 0 Å². The van der Waals surface area contributed by atoms with Crippen LogP contribution in [0.5, 0.6) is 0 Å². The standard InChI is InChI=1S/C10H12BrFN2O/c11-8-6-7(12)3-4-9(8)14-10(15)2-1-5-13/h3-4,6H,1-2,5,13H2,(H,14,15). The second kappa shape index (κ2) is 5.82. The minimum Gasteiger partial charge on any atom is -0.330 e. The number of halogens is 2. The number of benzene rings is 1. The number of nitrogens with two attached hydrogens (primary N) is 1. The first-order chi connectivity index (χ1) is 7.13. The molecule has 1 aromatic carbocycles. The van der Waals surface area contributed by atoms with Gasteiger partial charge in [-0.15, -0.1) is 0 Å². The molecule has 1 aromatic rings. The van der Waals surface area contributed by atoms with Crippen molar-refractivity contribution in [2.45, 2.75) is 12.8 Å². The van der Waals surface area contributed by atoms with Crippen molar-refractivity contribution in [2.75, 3.05) is 11.9 Å². The van der Waals surface area contributed by atoms with Crippen LogP contribution in [0.2, 0.25) is 0 Å². The van der Waals surface area contributed by atoms with Gasteiger partial charge in [-0.1, -0.05) is 0 Å². The molecule has 0 unspecified atom stereocenters. The Bertz CT molecular complexity index is 357. The van der Waals surface area contributed by atoms with Gasteiger partial charge in [0.2, 0.25) is 5.91 Å². The van der Waals surface area contributed by atoms with Crippen molar-refractivity contribution in [1.82, 2.24) is 0 Å². The Kier molecular flexibility index (Phi) is 4.71. The summed E-state index contributed by atoms with van der Waals surface area (Å²) in [5.74, 6) is -0.463. The number of amides is 1. The van der Waals surface area contributed by atoms with Gasteiger partial charge in [0.05, 0.1) is 5.69 Å². The summed E-state index contributed by atoms with van der Waals surface area (Å²) in [6.45, 7) is 0.484. The van der Waals surface area contributed by atoms with Gasteiger partial charge in [-0.3, -0.25) is 4.79 Å². The largest absolute Gasteiger partial charge is 0.330 e. The van der Waals surface area contributed by atoms with E-state index in [1.54, 1.807) is 0 Å². The fourth-order valence-electron chi connectivity index (χ4n) is 1.07. The number of carbonyl (C=O) groups is 1. The van der Waals surface area contributed by atoms with E-state index in [1.165, 1.54) is 18.2 Å². The van der Waals surface area contributed by atoms with Gasteiger partial charge in [0.25, 0.3) is 0 Å². The lowest BCUT2D eigenvalue weighted by Crippen LogP contribution is -2.13. The van der Waals surface area contributed by atoms with E-state index in [9.17, 15) is 9.18 Å². The molecule has 0 saturated heterocycles. The Hall–Kier alpha value is -0.940. The van der Waals surface area contributed by atoms with E-state index in [2.05, 4.69) is 21.2 Å². The van der Waals surface area contributed by atoms with Gasteiger partial charge in [0, 0.05) is 10.9 Å². The molecule has 3 N–H and O–H groups in total. The zero-order valence-corrected chi connectivity index (χ0v) is 9.68. The summed E-state index contributed by atoms with van der Waals surface area (Å²) in [7, 11) is 0. The third kappa shape index (κ3) is 3.97. The highest BCUT2D eigenvalue weighted by molar-refractivity contribution is 9.10. The van der Waals surface area contributed by atoms with Crippen molar-refractivity contribution in [3.63, 3.8) is 0 Å². The molecule has 0 saturated carbocycles. The molecular formula is C10H12BrFN2O. The van der Waals surface area contributed by atoms with Crippen molar-refractivity contribution in [3.05, 3.63) is 28.5 Å². The highest BCUT2D eigenvalue weighted by Gasteiger charge is 2.05. The van der Waals surface area contributed by atoms with Crippen molar-refractivity contribution >= 4 is 27.5 Å². The SMILES string of the molecule is NCCCC(=O)Nc1ccc(F)cc1Br. The van der Waals surface area contributed by atoms with Crippen LogP contribution in [-0.2, 0) is 4.79 Å². The van der Waals surface area contributed by atoms with Crippen LogP contribution >= 0.6 is 15.9 Å². The van der Waals surface area contributed by atoms with Crippen LogP contribution in [-0.4, -0.2) is 12.5 Å². The molecule has 0 aliphatic carbocycles. The molecule has 0 fully saturated rings. The van der Waals surface area contributed by atoms with E-state index in [0.29, 0.717) is 29.5 Å². The summed E-state index contributed by atoms with van der Waals surface area (Å²) in [6.07, 6.45) is 1.02. The molecule has 5 heteroatoms. The minimum atomic E-state index is -0.346. The third-order valence-electron chi connectivity index (χ3n) is 1.81. The predicted molar refractivity (Wildman–Crippen MR) is 61.0 cm³/mol. The van der Waals surface area contributed by atoms with Gasteiger partial charge < -0.3 is 11.1 Å². The molecule has 3 nitrogen and oxygen atoms in total. The van der Waals surface area contributed by atoms with Crippen LogP contribution in [0.1, 0.15) is 12.8 Å². The van der Waals surface area contributed by atoms with Crippen molar-refractivity contribution in [3.8, 4) is 0 Å². The Morgan fingerprint density at radius 2 is 2.27 bits per heavy atom. The predicted octanol–water partition coefficient (Wildman–Crippen LogP) is 2.27. The molecule has 82 valence electrons. The van der Waals surface area contributed by atoms with Crippen molar-refractivity contribution in [1.29, 1.82) is 0 Å². The average molecular weight is 275 g/mol. The first-order valence-electron chi connectivity index (χ1n) is 4.58. The maximum atomic E-state index is 12.7. The Morgan fingerprint density at radius 3 is 2.87 bits per heavy atom. The second-order valence-electron chi connectivity index (χ2n) is 3.06. The number of rotatable bonds is 4. The molecule has 0 bridgehead atoms. The van der Waals surface area contributed by atoms with Crippen LogP contribution in [0.4, 0.5) is 10.1 Å². The van der Waals surface area contributed by atoms with Gasteiger partial charge >= 0.3 is 0 Å². The fraction of sp³-hybridized carbons (Fsp3) is 0.300. The molecule has 1 rings (SSSR count). The molecule has 15 heavy (non-hydrogen) atoms. The van der Waals surface area contributed by atoms with Crippen LogP contribution in [0, 0.1) is 5.82 Å². The lowest BCUT2D eigenvalue weighted by atomic mass is 10.2. The summed E-state index contributed by atoms with van der Waals surface area (Å²) in [6, 6.07) is 4.11. The highest BCUT2D eigenvalue weighted by atomic mass is 79.9. The summed E-state index contributed by atoms with van der Waals surface area (Å²) in [5.41, 5.74) is 5.85. The lowest BCUT2D eigenvalue weighted by Gasteiger charge is -2.06. The van der Waals surface area contributed by atoms with Gasteiger partial charge in [0.1, 0.15) is 5.82 Å². The second-order valence-corrected chi connectivity index (χ2v) is 3.92. The molecule has 0 spiro atoms. The molecule has 0 aliphatic heterocycles. The van der Waals surface area contributed by atoms with Crippen LogP contribution < -0.4 is 11.1 Å². The Morgan fingerprint density at radius 1 is 1.53 bits per heavy atom. The van der Waals surface area contributed by atoms with Crippen molar-refractivity contribution in [2.24, 2.45) is 5.73 Å². The first kappa shape index (κ1) is 12.1. The molecule has 0 aliphatic rings. The van der Waals surface area contributed by atoms with Gasteiger partial charge in [-0.05, 0) is 47.1 Å². The van der Waals surface area contributed by atoms with Crippen LogP contribution in [0.3, 0.4) is 0 Å². The third-order valence-corrected chi connectivity index (χ3v) is 2.47. The minimum absolute atomic E-state index is 0.118. The van der Waals surface area contributed by atoms with E-state index in [1.807, 2.05) is 0 Å². The van der Waals surface area contributed by atoms with E-state index in [-0.39, 0.29) is 11.7 Å². The van der Waals surface area contributed by atoms with E-state index < -0.39 is 0 Å². The van der Waals surface area contributed by atoms with E-state index in [0.717, 1.165) is 0 Å². The van der Waals surface area contributed by atoms with Crippen molar-refractivity contribution < 1.29 is 9.18 Å². The number of hydrogen-bond donors (Lipinski definition) is 2. The van der Waals surface area contributed by atoms with E-state index in [4.69, 9.17) is 5.73 Å². The smallest absolute Gasteiger partial charge is 0.224 e. The topological polar surface area (TPSA) is 55.1 Å². The maximum Gasteiger partial charge on any atom is 0.224 e. The molecular weight excluding hydrogens is 263 g/mol. The first-order valence-corrected chi connectivity index (χ1v) is 5.37. The maximum absolute atomic E-state index is 12.7. The van der Waals surface area contributed by atoms with Gasteiger partial charge in [-0.2, -0.15) is 0 Å². The zero-order valence-electron chi connectivity index (χ0n) is 8.09. The summed E-state index contributed by atoms with van der Waals surface area (Å²) >= 11 is 3.16. The summed E-state index contributed by atoms with van der Waals surface area (Å²) in [4.78, 5) is 11.3. The Labute approximate surface area is 96.0 Å². The van der Waals surface area contributed by atoms with E-state index >= 15 is 0 Å². The molecule has 0 atom stereocenters. The van der Waals surface area contributed by atoms with Crippen LogP contribution in [0.25, 0.3) is 0 Å². The average Bonchev–Trinajstić information content (AvgIpc) is 2.19. The monoisotopic (exact) mass is 274 g/mol. The summed E-state index contributed by atoms with van der Waals surface area (Å²) < 4.78 is 13.3. The lowest BCUT2D eigenvalue weighted by molar-refractivity contribution is -0.116. The fourth-order valence-corrected chi connectivity index (χ4v) is 1.52. The number of nitrogens with one attached hydrogen (secondary N) is 1. The summed E-state index contributed by atoms with van der Waals surface area (Å²) in [5, 5.41) is 2.66. The molecule has 1 amide bonds. The van der Waals surface area contributed by atoms with Crippen LogP contribution in [0.15, 0.2) is 22.7 Å². The number of carbonyl (C=O) groups excluding carboxylic acids is 1. The zero-order chi connectivity index (χ0) is 11.3. The highest BCUT2D eigenvalue weighted by Crippen LogP contribution is 2.23. The molecule has 0 aromatic heterocycles.